The van der Waals surface area contributed by atoms with Gasteiger partial charge in [0.2, 0.25) is 0 Å². The van der Waals surface area contributed by atoms with Crippen molar-refractivity contribution in [1.82, 2.24) is 4.90 Å². The Labute approximate surface area is 152 Å². The molecule has 0 spiro atoms. The number of rotatable bonds is 5. The molecule has 0 radical (unpaired) electrons. The lowest BCUT2D eigenvalue weighted by Crippen LogP contribution is -2.75. The first-order valence-corrected chi connectivity index (χ1v) is 9.17. The average molecular weight is 361 g/mol. The van der Waals surface area contributed by atoms with Crippen LogP contribution >= 0.6 is 11.8 Å². The first kappa shape index (κ1) is 18.0. The molecule has 25 heavy (non-hydrogen) atoms. The van der Waals surface area contributed by atoms with Crippen LogP contribution in [0.2, 0.25) is 0 Å². The Hall–Kier alpha value is -1.79. The molecule has 1 N–H and O–H groups in total. The lowest BCUT2D eigenvalue weighted by Gasteiger charge is -2.52. The maximum Gasteiger partial charge on any atom is 0.330 e. The number of ether oxygens (including phenoxy) is 1. The largest absolute Gasteiger partial charge is 0.459 e. The summed E-state index contributed by atoms with van der Waals surface area (Å²) in [5, 5.41) is 10.4. The van der Waals surface area contributed by atoms with Gasteiger partial charge in [0.15, 0.2) is 5.60 Å². The molecule has 2 fully saturated rings. The second-order valence-electron chi connectivity index (χ2n) is 7.13. The van der Waals surface area contributed by atoms with E-state index < -0.39 is 33.6 Å². The molecule has 2 aliphatic rings. The third-order valence-corrected chi connectivity index (χ3v) is 6.69. The van der Waals surface area contributed by atoms with E-state index in [-0.39, 0.29) is 12.5 Å². The first-order chi connectivity index (χ1) is 11.7. The van der Waals surface area contributed by atoms with Gasteiger partial charge in [0.1, 0.15) is 18.0 Å². The average Bonchev–Trinajstić information content (AvgIpc) is 2.88. The zero-order valence-corrected chi connectivity index (χ0v) is 15.5. The molecule has 1 unspecified atom stereocenters. The lowest BCUT2D eigenvalue weighted by molar-refractivity contribution is -0.195. The van der Waals surface area contributed by atoms with Crippen molar-refractivity contribution in [2.75, 3.05) is 0 Å². The summed E-state index contributed by atoms with van der Waals surface area (Å²) in [7, 11) is 0. The number of benzene rings is 1. The number of fused-ring (bicyclic) bond motifs is 1. The molecular weight excluding hydrogens is 338 g/mol. The second-order valence-corrected chi connectivity index (χ2v) is 8.87. The van der Waals surface area contributed by atoms with Gasteiger partial charge in [-0.25, -0.2) is 4.79 Å². The third-order valence-electron chi connectivity index (χ3n) is 5.05. The van der Waals surface area contributed by atoms with Crippen LogP contribution in [-0.2, 0) is 20.9 Å². The number of esters is 1. The fourth-order valence-electron chi connectivity index (χ4n) is 3.46. The SMILES string of the molecule is C=CC(C)[C@@]1(O)C(=O)N2[C@@H](C(=O)OCc3ccccc3)C(C)(C)S[C@@H]21. The molecule has 6 heteroatoms. The first-order valence-electron chi connectivity index (χ1n) is 8.29. The Bertz CT molecular complexity index is 705. The highest BCUT2D eigenvalue weighted by Crippen LogP contribution is 2.57. The minimum atomic E-state index is -1.50. The van der Waals surface area contributed by atoms with Crippen molar-refractivity contribution in [2.24, 2.45) is 5.92 Å². The van der Waals surface area contributed by atoms with Crippen molar-refractivity contribution < 1.29 is 19.4 Å². The minimum absolute atomic E-state index is 0.164. The van der Waals surface area contributed by atoms with Gasteiger partial charge >= 0.3 is 5.97 Å². The second kappa shape index (κ2) is 6.18. The summed E-state index contributed by atoms with van der Waals surface area (Å²) >= 11 is 1.44. The molecule has 2 heterocycles. The Morgan fingerprint density at radius 2 is 2.08 bits per heavy atom. The van der Waals surface area contributed by atoms with Crippen LogP contribution in [0, 0.1) is 5.92 Å². The molecule has 0 aliphatic carbocycles. The number of β-lactam (4-membered cyclic amide) rings is 1. The Balaban J connectivity index is 1.77. The van der Waals surface area contributed by atoms with E-state index in [2.05, 4.69) is 6.58 Å². The fourth-order valence-corrected chi connectivity index (χ4v) is 5.20. The maximum absolute atomic E-state index is 12.7. The van der Waals surface area contributed by atoms with Gasteiger partial charge in [-0.2, -0.15) is 0 Å². The molecule has 1 amide bonds. The highest BCUT2D eigenvalue weighted by molar-refractivity contribution is 8.01. The zero-order chi connectivity index (χ0) is 18.4. The summed E-state index contributed by atoms with van der Waals surface area (Å²) in [6.45, 7) is 9.40. The molecule has 0 saturated carbocycles. The molecule has 2 aliphatic heterocycles. The lowest BCUT2D eigenvalue weighted by atomic mass is 9.78. The molecular formula is C19H23NO4S. The molecule has 4 atom stereocenters. The van der Waals surface area contributed by atoms with Crippen LogP contribution in [0.25, 0.3) is 0 Å². The quantitative estimate of drug-likeness (QED) is 0.495. The van der Waals surface area contributed by atoms with Crippen molar-refractivity contribution in [3.63, 3.8) is 0 Å². The normalized spacial score (nSPS) is 31.0. The predicted octanol–water partition coefficient (Wildman–Crippen LogP) is 2.35. The van der Waals surface area contributed by atoms with Crippen LogP contribution < -0.4 is 0 Å². The molecule has 0 aromatic heterocycles. The van der Waals surface area contributed by atoms with Crippen molar-refractivity contribution in [3.8, 4) is 0 Å². The molecule has 134 valence electrons. The molecule has 2 saturated heterocycles. The number of thioether (sulfide) groups is 1. The number of amides is 1. The van der Waals surface area contributed by atoms with Gasteiger partial charge in [-0.05, 0) is 19.4 Å². The number of hydrogen-bond acceptors (Lipinski definition) is 5. The van der Waals surface area contributed by atoms with Gasteiger partial charge in [0.25, 0.3) is 5.91 Å². The van der Waals surface area contributed by atoms with E-state index in [9.17, 15) is 14.7 Å². The molecule has 5 nitrogen and oxygen atoms in total. The summed E-state index contributed by atoms with van der Waals surface area (Å²) in [5.41, 5.74) is -0.611. The number of nitrogens with zero attached hydrogens (tertiary/aromatic N) is 1. The number of hydrogen-bond donors (Lipinski definition) is 1. The summed E-state index contributed by atoms with van der Waals surface area (Å²) in [5.74, 6) is -1.25. The Morgan fingerprint density at radius 3 is 2.68 bits per heavy atom. The Morgan fingerprint density at radius 1 is 1.44 bits per heavy atom. The zero-order valence-electron chi connectivity index (χ0n) is 14.6. The van der Waals surface area contributed by atoms with Crippen LogP contribution in [0.3, 0.4) is 0 Å². The highest BCUT2D eigenvalue weighted by atomic mass is 32.2. The van der Waals surface area contributed by atoms with E-state index in [1.54, 1.807) is 13.0 Å². The van der Waals surface area contributed by atoms with E-state index in [0.29, 0.717) is 0 Å². The monoisotopic (exact) mass is 361 g/mol. The smallest absolute Gasteiger partial charge is 0.330 e. The van der Waals surface area contributed by atoms with E-state index >= 15 is 0 Å². The van der Waals surface area contributed by atoms with E-state index in [1.165, 1.54) is 16.7 Å². The van der Waals surface area contributed by atoms with E-state index in [0.717, 1.165) is 5.56 Å². The third kappa shape index (κ3) is 2.68. The summed E-state index contributed by atoms with van der Waals surface area (Å²) in [4.78, 5) is 26.8. The fraction of sp³-hybridized carbons (Fsp3) is 0.474. The van der Waals surface area contributed by atoms with E-state index in [1.807, 2.05) is 44.2 Å². The maximum atomic E-state index is 12.7. The molecule has 1 aromatic carbocycles. The van der Waals surface area contributed by atoms with Crippen molar-refractivity contribution in [3.05, 3.63) is 48.6 Å². The summed E-state index contributed by atoms with van der Waals surface area (Å²) in [6.07, 6.45) is 1.57. The number of carbonyl (C=O) groups excluding carboxylic acids is 2. The van der Waals surface area contributed by atoms with Gasteiger partial charge in [-0.15, -0.1) is 18.3 Å². The van der Waals surface area contributed by atoms with Gasteiger partial charge in [-0.1, -0.05) is 43.3 Å². The van der Waals surface area contributed by atoms with Crippen molar-refractivity contribution in [2.45, 2.75) is 49.1 Å². The highest BCUT2D eigenvalue weighted by Gasteiger charge is 2.72. The number of carbonyl (C=O) groups is 2. The molecule has 0 bridgehead atoms. The Kier molecular flexibility index (Phi) is 4.45. The van der Waals surface area contributed by atoms with Crippen molar-refractivity contribution >= 4 is 23.6 Å². The minimum Gasteiger partial charge on any atom is -0.459 e. The van der Waals surface area contributed by atoms with Crippen LogP contribution in [0.15, 0.2) is 43.0 Å². The van der Waals surface area contributed by atoms with Crippen LogP contribution in [0.4, 0.5) is 0 Å². The predicted molar refractivity (Wildman–Crippen MR) is 96.6 cm³/mol. The topological polar surface area (TPSA) is 66.8 Å². The van der Waals surface area contributed by atoms with Crippen LogP contribution in [0.1, 0.15) is 26.3 Å². The summed E-state index contributed by atoms with van der Waals surface area (Å²) < 4.78 is 4.91. The standard InChI is InChI=1S/C19H23NO4S/c1-5-12(2)19(23)16(22)20-14(18(3,4)25-17(19)20)15(21)24-11-13-9-7-6-8-10-13/h5-10,12,14,17,23H,1,11H2,2-4H3/t12?,14-,17+,19+/m0/s1. The number of aliphatic hydroxyl groups is 1. The van der Waals surface area contributed by atoms with Gasteiger partial charge < -0.3 is 14.7 Å². The van der Waals surface area contributed by atoms with E-state index in [4.69, 9.17) is 4.74 Å². The van der Waals surface area contributed by atoms with Crippen LogP contribution in [0.5, 0.6) is 0 Å². The molecule has 3 rings (SSSR count). The van der Waals surface area contributed by atoms with Gasteiger partial charge in [0, 0.05) is 10.7 Å². The van der Waals surface area contributed by atoms with Crippen molar-refractivity contribution in [1.29, 1.82) is 0 Å². The van der Waals surface area contributed by atoms with Gasteiger partial charge in [-0.3, -0.25) is 4.79 Å². The molecule has 1 aromatic rings. The summed E-state index contributed by atoms with van der Waals surface area (Å²) in [6, 6.07) is 8.70. The van der Waals surface area contributed by atoms with Gasteiger partial charge in [0.05, 0.1) is 0 Å². The van der Waals surface area contributed by atoms with Crippen LogP contribution in [-0.4, -0.2) is 43.6 Å².